The first-order valence-electron chi connectivity index (χ1n) is 9.56. The zero-order chi connectivity index (χ0) is 20.1. The quantitative estimate of drug-likeness (QED) is 0.723. The van der Waals surface area contributed by atoms with E-state index in [1.165, 1.54) is 0 Å². The van der Waals surface area contributed by atoms with Crippen molar-refractivity contribution >= 4 is 23.2 Å². The molecule has 0 spiro atoms. The third kappa shape index (κ3) is 4.29. The minimum atomic E-state index is -0.0454. The number of hydrogen-bond donors (Lipinski definition) is 1. The van der Waals surface area contributed by atoms with Gasteiger partial charge in [0, 0.05) is 44.3 Å². The number of amides is 1. The summed E-state index contributed by atoms with van der Waals surface area (Å²) in [4.78, 5) is 25.5. The smallest absolute Gasteiger partial charge is 0.257 e. The molecule has 0 unspecified atom stereocenters. The van der Waals surface area contributed by atoms with E-state index in [1.807, 2.05) is 59.5 Å². The topological polar surface area (TPSA) is 70.6 Å². The van der Waals surface area contributed by atoms with Crippen LogP contribution in [0.3, 0.4) is 0 Å². The second-order valence-corrected chi connectivity index (χ2v) is 6.74. The van der Waals surface area contributed by atoms with Crippen LogP contribution in [0.15, 0.2) is 67.0 Å². The summed E-state index contributed by atoms with van der Waals surface area (Å²) < 4.78 is 5.45. The highest BCUT2D eigenvalue weighted by atomic mass is 16.5. The van der Waals surface area contributed by atoms with Crippen LogP contribution in [0.1, 0.15) is 10.4 Å². The molecule has 0 aliphatic carbocycles. The molecule has 0 atom stereocenters. The van der Waals surface area contributed by atoms with Gasteiger partial charge in [-0.15, -0.1) is 0 Å². The van der Waals surface area contributed by atoms with E-state index in [0.29, 0.717) is 24.6 Å². The van der Waals surface area contributed by atoms with E-state index in [-0.39, 0.29) is 5.91 Å². The minimum absolute atomic E-state index is 0.0454. The Balaban J connectivity index is 1.37. The van der Waals surface area contributed by atoms with Crippen molar-refractivity contribution in [2.75, 3.05) is 43.5 Å². The minimum Gasteiger partial charge on any atom is -0.495 e. The molecular weight excluding hydrogens is 366 g/mol. The van der Waals surface area contributed by atoms with Gasteiger partial charge in [-0.2, -0.15) is 0 Å². The van der Waals surface area contributed by atoms with Crippen LogP contribution in [-0.4, -0.2) is 54.1 Å². The van der Waals surface area contributed by atoms with Crippen LogP contribution in [0.5, 0.6) is 5.75 Å². The first-order valence-corrected chi connectivity index (χ1v) is 9.56. The number of benzene rings is 2. The van der Waals surface area contributed by atoms with Crippen molar-refractivity contribution in [1.82, 2.24) is 14.9 Å². The van der Waals surface area contributed by atoms with E-state index >= 15 is 0 Å². The molecule has 0 radical (unpaired) electrons. The van der Waals surface area contributed by atoms with Crippen LogP contribution >= 0.6 is 0 Å². The Labute approximate surface area is 170 Å². The zero-order valence-electron chi connectivity index (χ0n) is 16.3. The highest BCUT2D eigenvalue weighted by Gasteiger charge is 2.24. The fourth-order valence-electron chi connectivity index (χ4n) is 3.38. The largest absolute Gasteiger partial charge is 0.495 e. The number of carbonyl (C=O) groups excluding carboxylic acids is 1. The first-order chi connectivity index (χ1) is 14.2. The monoisotopic (exact) mass is 389 g/mol. The highest BCUT2D eigenvalue weighted by Crippen LogP contribution is 2.28. The second-order valence-electron chi connectivity index (χ2n) is 6.74. The van der Waals surface area contributed by atoms with Crippen molar-refractivity contribution in [2.24, 2.45) is 0 Å². The number of piperazine rings is 1. The zero-order valence-corrected chi connectivity index (χ0v) is 16.3. The predicted octanol–water partition coefficient (Wildman–Crippen LogP) is 3.19. The number of carbonyl (C=O) groups is 1. The maximum Gasteiger partial charge on any atom is 0.257 e. The normalized spacial score (nSPS) is 13.8. The van der Waals surface area contributed by atoms with Crippen LogP contribution in [0.25, 0.3) is 0 Å². The van der Waals surface area contributed by atoms with Crippen LogP contribution in [0.2, 0.25) is 0 Å². The number of methoxy groups -OCH3 is 1. The molecule has 3 aromatic rings. The highest BCUT2D eigenvalue weighted by molar-refractivity contribution is 5.94. The standard InChI is InChI=1S/C22H23N5O2/c1-29-20-10-6-5-9-19(20)26-11-13-27(14-12-26)21(28)17-15-23-22(24-16-17)25-18-7-3-2-4-8-18/h2-10,15-16H,11-14H2,1H3,(H,23,24,25). The Morgan fingerprint density at radius 2 is 1.59 bits per heavy atom. The molecule has 1 aromatic heterocycles. The van der Waals surface area contributed by atoms with Crippen molar-refractivity contribution in [3.8, 4) is 5.75 Å². The van der Waals surface area contributed by atoms with Crippen LogP contribution in [-0.2, 0) is 0 Å². The molecule has 1 amide bonds. The molecule has 0 bridgehead atoms. The number of aromatic nitrogens is 2. The van der Waals surface area contributed by atoms with E-state index in [0.717, 1.165) is 30.2 Å². The van der Waals surface area contributed by atoms with Crippen molar-refractivity contribution < 1.29 is 9.53 Å². The molecule has 29 heavy (non-hydrogen) atoms. The van der Waals surface area contributed by atoms with Gasteiger partial charge in [-0.05, 0) is 24.3 Å². The predicted molar refractivity (Wildman–Crippen MR) is 113 cm³/mol. The first kappa shape index (κ1) is 18.7. The van der Waals surface area contributed by atoms with Crippen LogP contribution < -0.4 is 15.0 Å². The van der Waals surface area contributed by atoms with Crippen molar-refractivity contribution in [2.45, 2.75) is 0 Å². The Bertz CT molecular complexity index is 954. The summed E-state index contributed by atoms with van der Waals surface area (Å²) in [6, 6.07) is 17.6. The molecule has 4 rings (SSSR count). The number of para-hydroxylation sites is 3. The van der Waals surface area contributed by atoms with Gasteiger partial charge in [-0.25, -0.2) is 9.97 Å². The Morgan fingerprint density at radius 3 is 2.28 bits per heavy atom. The van der Waals surface area contributed by atoms with Gasteiger partial charge < -0.3 is 19.9 Å². The summed E-state index contributed by atoms with van der Waals surface area (Å²) in [6.07, 6.45) is 3.15. The summed E-state index contributed by atoms with van der Waals surface area (Å²) in [5, 5.41) is 3.12. The number of rotatable bonds is 5. The Kier molecular flexibility index (Phi) is 5.56. The van der Waals surface area contributed by atoms with Crippen LogP contribution in [0.4, 0.5) is 17.3 Å². The molecule has 7 heteroatoms. The molecule has 1 fully saturated rings. The maximum absolute atomic E-state index is 12.8. The molecule has 148 valence electrons. The van der Waals surface area contributed by atoms with Crippen molar-refractivity contribution in [3.63, 3.8) is 0 Å². The van der Waals surface area contributed by atoms with Gasteiger partial charge in [0.1, 0.15) is 5.75 Å². The lowest BCUT2D eigenvalue weighted by atomic mass is 10.2. The number of ether oxygens (including phenoxy) is 1. The SMILES string of the molecule is COc1ccccc1N1CCN(C(=O)c2cnc(Nc3ccccc3)nc2)CC1. The van der Waals surface area contributed by atoms with E-state index in [9.17, 15) is 4.79 Å². The summed E-state index contributed by atoms with van der Waals surface area (Å²) >= 11 is 0. The van der Waals surface area contributed by atoms with Crippen molar-refractivity contribution in [1.29, 1.82) is 0 Å². The third-order valence-electron chi connectivity index (χ3n) is 4.92. The molecule has 1 aliphatic heterocycles. The average Bonchev–Trinajstić information content (AvgIpc) is 2.80. The van der Waals surface area contributed by atoms with Gasteiger partial charge in [0.05, 0.1) is 18.4 Å². The number of anilines is 3. The Hall–Kier alpha value is -3.61. The fraction of sp³-hybridized carbons (Fsp3) is 0.227. The lowest BCUT2D eigenvalue weighted by molar-refractivity contribution is 0.0746. The second kappa shape index (κ2) is 8.60. The lowest BCUT2D eigenvalue weighted by Gasteiger charge is -2.36. The maximum atomic E-state index is 12.8. The molecule has 7 nitrogen and oxygen atoms in total. The van der Waals surface area contributed by atoms with E-state index in [1.54, 1.807) is 19.5 Å². The van der Waals surface area contributed by atoms with Gasteiger partial charge in [-0.1, -0.05) is 30.3 Å². The van der Waals surface area contributed by atoms with E-state index in [4.69, 9.17) is 4.74 Å². The molecule has 1 saturated heterocycles. The summed E-state index contributed by atoms with van der Waals surface area (Å²) in [5.41, 5.74) is 2.45. The fourth-order valence-corrected chi connectivity index (χ4v) is 3.38. The van der Waals surface area contributed by atoms with Gasteiger partial charge >= 0.3 is 0 Å². The number of nitrogens with one attached hydrogen (secondary N) is 1. The van der Waals surface area contributed by atoms with Gasteiger partial charge in [0.15, 0.2) is 0 Å². The molecule has 2 aromatic carbocycles. The average molecular weight is 389 g/mol. The number of hydrogen-bond acceptors (Lipinski definition) is 6. The summed E-state index contributed by atoms with van der Waals surface area (Å²) in [7, 11) is 1.68. The molecule has 1 aliphatic rings. The summed E-state index contributed by atoms with van der Waals surface area (Å²) in [6.45, 7) is 2.78. The van der Waals surface area contributed by atoms with Gasteiger partial charge in [-0.3, -0.25) is 4.79 Å². The lowest BCUT2D eigenvalue weighted by Crippen LogP contribution is -2.48. The van der Waals surface area contributed by atoms with E-state index < -0.39 is 0 Å². The number of nitrogens with zero attached hydrogens (tertiary/aromatic N) is 4. The molecule has 0 saturated carbocycles. The molecular formula is C22H23N5O2. The van der Waals surface area contributed by atoms with Crippen LogP contribution in [0, 0.1) is 0 Å². The summed E-state index contributed by atoms with van der Waals surface area (Å²) in [5.74, 6) is 1.27. The van der Waals surface area contributed by atoms with Gasteiger partial charge in [0.2, 0.25) is 5.95 Å². The van der Waals surface area contributed by atoms with Crippen molar-refractivity contribution in [3.05, 3.63) is 72.6 Å². The molecule has 2 heterocycles. The van der Waals surface area contributed by atoms with Gasteiger partial charge in [0.25, 0.3) is 5.91 Å². The molecule has 1 N–H and O–H groups in total. The Morgan fingerprint density at radius 1 is 0.931 bits per heavy atom. The third-order valence-corrected chi connectivity index (χ3v) is 4.92. The van der Waals surface area contributed by atoms with E-state index in [2.05, 4.69) is 20.2 Å².